The number of aliphatic hydroxyl groups is 1. The molecule has 106 valence electrons. The first kappa shape index (κ1) is 15.0. The largest absolute Gasteiger partial charge is 0.390 e. The summed E-state index contributed by atoms with van der Waals surface area (Å²) in [6.07, 6.45) is -0.608. The van der Waals surface area contributed by atoms with E-state index in [-0.39, 0.29) is 12.4 Å². The summed E-state index contributed by atoms with van der Waals surface area (Å²) in [5.74, 6) is 0.158. The number of hydrogen-bond acceptors (Lipinski definition) is 3. The molecule has 0 aliphatic carbocycles. The predicted octanol–water partition coefficient (Wildman–Crippen LogP) is 3.50. The van der Waals surface area contributed by atoms with Crippen LogP contribution in [0.25, 0.3) is 0 Å². The normalized spacial score (nSPS) is 12.3. The Bertz CT molecular complexity index is 519. The first-order valence-corrected chi connectivity index (χ1v) is 7.41. The van der Waals surface area contributed by atoms with Crippen molar-refractivity contribution in [2.45, 2.75) is 17.6 Å². The fourth-order valence-electron chi connectivity index (χ4n) is 1.68. The number of halogens is 1. The second kappa shape index (κ2) is 8.04. The molecule has 0 aromatic heterocycles. The standard InChI is InChI=1S/C16H17FO2S/c17-15-8-4-5-9-16(15)20-12-14(18)11-19-10-13-6-2-1-3-7-13/h1-9,14,18H,10-12H2. The van der Waals surface area contributed by atoms with E-state index in [2.05, 4.69) is 0 Å². The van der Waals surface area contributed by atoms with E-state index in [1.54, 1.807) is 18.2 Å². The zero-order chi connectivity index (χ0) is 14.2. The lowest BCUT2D eigenvalue weighted by molar-refractivity contribution is 0.0398. The topological polar surface area (TPSA) is 29.5 Å². The van der Waals surface area contributed by atoms with Crippen molar-refractivity contribution in [2.75, 3.05) is 12.4 Å². The monoisotopic (exact) mass is 292 g/mol. The van der Waals surface area contributed by atoms with Crippen molar-refractivity contribution >= 4 is 11.8 Å². The molecule has 0 heterocycles. The van der Waals surface area contributed by atoms with Gasteiger partial charge in [-0.25, -0.2) is 4.39 Å². The van der Waals surface area contributed by atoms with Gasteiger partial charge in [-0.3, -0.25) is 0 Å². The lowest BCUT2D eigenvalue weighted by Gasteiger charge is -2.11. The van der Waals surface area contributed by atoms with Crippen molar-refractivity contribution in [3.05, 3.63) is 66.0 Å². The van der Waals surface area contributed by atoms with Crippen molar-refractivity contribution in [3.63, 3.8) is 0 Å². The molecule has 2 aromatic rings. The van der Waals surface area contributed by atoms with E-state index in [1.807, 2.05) is 30.3 Å². The average molecular weight is 292 g/mol. The summed E-state index contributed by atoms with van der Waals surface area (Å²) in [7, 11) is 0. The summed E-state index contributed by atoms with van der Waals surface area (Å²) in [6, 6.07) is 16.3. The summed E-state index contributed by atoms with van der Waals surface area (Å²) < 4.78 is 18.8. The van der Waals surface area contributed by atoms with Crippen LogP contribution >= 0.6 is 11.8 Å². The number of rotatable bonds is 7. The van der Waals surface area contributed by atoms with Gasteiger partial charge in [-0.05, 0) is 17.7 Å². The summed E-state index contributed by atoms with van der Waals surface area (Å²) in [5, 5.41) is 9.81. The Morgan fingerprint density at radius 2 is 1.75 bits per heavy atom. The van der Waals surface area contributed by atoms with Gasteiger partial charge in [0.05, 0.1) is 19.3 Å². The van der Waals surface area contributed by atoms with Gasteiger partial charge in [-0.1, -0.05) is 42.5 Å². The Balaban J connectivity index is 1.68. The molecule has 20 heavy (non-hydrogen) atoms. The van der Waals surface area contributed by atoms with Crippen LogP contribution in [0, 0.1) is 5.82 Å². The van der Waals surface area contributed by atoms with Gasteiger partial charge in [0.25, 0.3) is 0 Å². The molecule has 2 rings (SSSR count). The van der Waals surface area contributed by atoms with E-state index in [1.165, 1.54) is 17.8 Å². The molecule has 0 spiro atoms. The molecule has 0 aliphatic heterocycles. The molecule has 1 atom stereocenters. The molecule has 0 fully saturated rings. The van der Waals surface area contributed by atoms with Gasteiger partial charge in [-0.15, -0.1) is 11.8 Å². The highest BCUT2D eigenvalue weighted by Crippen LogP contribution is 2.21. The number of hydrogen-bond donors (Lipinski definition) is 1. The highest BCUT2D eigenvalue weighted by molar-refractivity contribution is 7.99. The van der Waals surface area contributed by atoms with Crippen LogP contribution in [-0.2, 0) is 11.3 Å². The second-order valence-corrected chi connectivity index (χ2v) is 5.46. The Morgan fingerprint density at radius 3 is 2.50 bits per heavy atom. The highest BCUT2D eigenvalue weighted by Gasteiger charge is 2.08. The summed E-state index contributed by atoms with van der Waals surface area (Å²) in [4.78, 5) is 0.551. The van der Waals surface area contributed by atoms with Crippen molar-refractivity contribution in [2.24, 2.45) is 0 Å². The minimum atomic E-state index is -0.608. The Hall–Kier alpha value is -1.36. The zero-order valence-electron chi connectivity index (χ0n) is 11.0. The summed E-state index contributed by atoms with van der Waals surface area (Å²) in [5.41, 5.74) is 1.07. The molecular formula is C16H17FO2S. The zero-order valence-corrected chi connectivity index (χ0v) is 11.9. The van der Waals surface area contributed by atoms with Crippen LogP contribution in [0.1, 0.15) is 5.56 Å². The molecule has 1 N–H and O–H groups in total. The first-order valence-electron chi connectivity index (χ1n) is 6.43. The summed E-state index contributed by atoms with van der Waals surface area (Å²) >= 11 is 1.30. The molecule has 0 saturated heterocycles. The van der Waals surface area contributed by atoms with Crippen molar-refractivity contribution in [3.8, 4) is 0 Å². The molecule has 0 bridgehead atoms. The minimum absolute atomic E-state index is 0.246. The van der Waals surface area contributed by atoms with E-state index >= 15 is 0 Å². The first-order chi connectivity index (χ1) is 9.75. The van der Waals surface area contributed by atoms with Gasteiger partial charge in [0.1, 0.15) is 5.82 Å². The molecule has 2 aromatic carbocycles. The molecule has 1 unspecified atom stereocenters. The highest BCUT2D eigenvalue weighted by atomic mass is 32.2. The van der Waals surface area contributed by atoms with Gasteiger partial charge in [-0.2, -0.15) is 0 Å². The van der Waals surface area contributed by atoms with Crippen LogP contribution < -0.4 is 0 Å². The smallest absolute Gasteiger partial charge is 0.136 e. The average Bonchev–Trinajstić information content (AvgIpc) is 2.47. The molecule has 0 amide bonds. The molecule has 4 heteroatoms. The molecule has 0 saturated carbocycles. The lowest BCUT2D eigenvalue weighted by Crippen LogP contribution is -2.18. The van der Waals surface area contributed by atoms with Crippen LogP contribution in [0.2, 0.25) is 0 Å². The quantitative estimate of drug-likeness (QED) is 0.792. The molecular weight excluding hydrogens is 275 g/mol. The van der Waals surface area contributed by atoms with Gasteiger partial charge >= 0.3 is 0 Å². The van der Waals surface area contributed by atoms with Crippen molar-refractivity contribution < 1.29 is 14.2 Å². The SMILES string of the molecule is OC(COCc1ccccc1)CSc1ccccc1F. The summed E-state index contributed by atoms with van der Waals surface area (Å²) in [6.45, 7) is 0.721. The van der Waals surface area contributed by atoms with Crippen LogP contribution in [0.3, 0.4) is 0 Å². The maximum atomic E-state index is 13.4. The van der Waals surface area contributed by atoms with Crippen LogP contribution in [0.4, 0.5) is 4.39 Å². The third kappa shape index (κ3) is 4.96. The van der Waals surface area contributed by atoms with E-state index in [0.717, 1.165) is 5.56 Å². The number of aliphatic hydroxyl groups excluding tert-OH is 1. The van der Waals surface area contributed by atoms with Crippen molar-refractivity contribution in [1.29, 1.82) is 0 Å². The number of thioether (sulfide) groups is 1. The van der Waals surface area contributed by atoms with E-state index in [9.17, 15) is 9.50 Å². The maximum Gasteiger partial charge on any atom is 0.136 e. The van der Waals surface area contributed by atoms with Gasteiger partial charge in [0, 0.05) is 10.6 Å². The van der Waals surface area contributed by atoms with Crippen LogP contribution in [0.5, 0.6) is 0 Å². The maximum absolute atomic E-state index is 13.4. The van der Waals surface area contributed by atoms with Crippen LogP contribution in [-0.4, -0.2) is 23.6 Å². The fraction of sp³-hybridized carbons (Fsp3) is 0.250. The molecule has 2 nitrogen and oxygen atoms in total. The van der Waals surface area contributed by atoms with E-state index in [0.29, 0.717) is 17.3 Å². The lowest BCUT2D eigenvalue weighted by atomic mass is 10.2. The Morgan fingerprint density at radius 1 is 1.05 bits per heavy atom. The Labute approximate surface area is 122 Å². The van der Waals surface area contributed by atoms with Gasteiger partial charge < -0.3 is 9.84 Å². The van der Waals surface area contributed by atoms with Crippen LogP contribution in [0.15, 0.2) is 59.5 Å². The molecule has 0 aliphatic rings. The minimum Gasteiger partial charge on any atom is -0.390 e. The third-order valence-electron chi connectivity index (χ3n) is 2.69. The Kier molecular flexibility index (Phi) is 6.05. The molecule has 0 radical (unpaired) electrons. The fourth-order valence-corrected chi connectivity index (χ4v) is 2.53. The van der Waals surface area contributed by atoms with E-state index < -0.39 is 6.10 Å². The number of ether oxygens (including phenoxy) is 1. The van der Waals surface area contributed by atoms with E-state index in [4.69, 9.17) is 4.74 Å². The van der Waals surface area contributed by atoms with Gasteiger partial charge in [0.2, 0.25) is 0 Å². The number of benzene rings is 2. The third-order valence-corrected chi connectivity index (χ3v) is 3.88. The van der Waals surface area contributed by atoms with Crippen molar-refractivity contribution in [1.82, 2.24) is 0 Å². The second-order valence-electron chi connectivity index (χ2n) is 4.40. The van der Waals surface area contributed by atoms with Gasteiger partial charge in [0.15, 0.2) is 0 Å². The predicted molar refractivity (Wildman–Crippen MR) is 79.2 cm³/mol.